The number of fused-ring (bicyclic) bond motifs is 1. The molecule has 8 nitrogen and oxygen atoms in total. The number of aliphatic hydroxyl groups excluding tert-OH is 1. The van der Waals surface area contributed by atoms with E-state index in [1.807, 2.05) is 12.3 Å². The Bertz CT molecular complexity index is 1530. The van der Waals surface area contributed by atoms with Crippen LogP contribution >= 0.6 is 11.3 Å². The van der Waals surface area contributed by atoms with Crippen LogP contribution in [-0.4, -0.2) is 70.9 Å². The zero-order chi connectivity index (χ0) is 31.0. The number of hydrogen-bond donors (Lipinski definition) is 3. The van der Waals surface area contributed by atoms with E-state index in [2.05, 4.69) is 15.6 Å². The summed E-state index contributed by atoms with van der Waals surface area (Å²) in [6.07, 6.45) is 0.658. The van der Waals surface area contributed by atoms with Crippen LogP contribution in [0.3, 0.4) is 0 Å². The van der Waals surface area contributed by atoms with Crippen LogP contribution in [0.4, 0.5) is 13.2 Å². The average Bonchev–Trinajstić information content (AvgIpc) is 3.76. The maximum atomic E-state index is 14.7. The molecule has 6 rings (SSSR count). The molecule has 1 aromatic heterocycles. The normalized spacial score (nSPS) is 22.8. The van der Waals surface area contributed by atoms with E-state index in [-0.39, 0.29) is 42.1 Å². The minimum absolute atomic E-state index is 0.0203. The third-order valence-corrected chi connectivity index (χ3v) is 9.64. The fraction of sp³-hybridized carbons (Fsp3) is 0.469. The molecule has 2 fully saturated rings. The number of aromatic nitrogens is 1. The Morgan fingerprint density at radius 3 is 2.70 bits per heavy atom. The Kier molecular flexibility index (Phi) is 8.93. The molecule has 0 spiro atoms. The lowest BCUT2D eigenvalue weighted by atomic mass is 9.93. The van der Waals surface area contributed by atoms with Gasteiger partial charge in [0, 0.05) is 46.3 Å². The number of carbonyl (C=O) groups is 2. The number of likely N-dealkylation sites (tertiary alicyclic amines) is 1. The molecule has 0 aliphatic carbocycles. The van der Waals surface area contributed by atoms with Crippen molar-refractivity contribution in [1.29, 1.82) is 0 Å². The molecule has 5 atom stereocenters. The number of nitrogens with zero attached hydrogens (tertiary/aromatic N) is 2. The highest BCUT2D eigenvalue weighted by Crippen LogP contribution is 2.38. The minimum atomic E-state index is -1.20. The quantitative estimate of drug-likeness (QED) is 0.341. The van der Waals surface area contributed by atoms with E-state index in [9.17, 15) is 27.9 Å². The number of aliphatic hydroxyl groups is 1. The van der Waals surface area contributed by atoms with Gasteiger partial charge in [-0.15, -0.1) is 11.3 Å². The number of nitrogens with one attached hydrogen (secondary N) is 2. The first-order chi connectivity index (χ1) is 21.2. The fourth-order valence-corrected chi connectivity index (χ4v) is 7.40. The molecule has 2 saturated heterocycles. The van der Waals surface area contributed by atoms with E-state index in [0.29, 0.717) is 48.7 Å². The maximum Gasteiger partial charge on any atom is 0.254 e. The molecule has 4 heterocycles. The number of alkyl halides is 1. The molecule has 3 aliphatic rings. The van der Waals surface area contributed by atoms with Crippen molar-refractivity contribution in [2.24, 2.45) is 0 Å². The molecule has 2 amide bonds. The van der Waals surface area contributed by atoms with Gasteiger partial charge in [0.1, 0.15) is 28.6 Å². The monoisotopic (exact) mass is 628 g/mol. The molecule has 2 aromatic carbocycles. The molecular formula is C32H35F3N4O4S. The lowest BCUT2D eigenvalue weighted by molar-refractivity contribution is 0.0724. The van der Waals surface area contributed by atoms with Crippen LogP contribution < -0.4 is 15.4 Å². The number of thiazole rings is 1. The number of ether oxygens (including phenoxy) is 1. The Hall–Kier alpha value is -3.48. The van der Waals surface area contributed by atoms with Gasteiger partial charge in [0.05, 0.1) is 31.3 Å². The summed E-state index contributed by atoms with van der Waals surface area (Å²) in [5.41, 5.74) is 2.15. The molecule has 3 aromatic rings. The van der Waals surface area contributed by atoms with Crippen LogP contribution in [0.2, 0.25) is 0 Å². The van der Waals surface area contributed by atoms with Crippen LogP contribution in [0.15, 0.2) is 35.7 Å². The summed E-state index contributed by atoms with van der Waals surface area (Å²) in [6.45, 7) is 2.90. The molecule has 3 N–H and O–H groups in total. The van der Waals surface area contributed by atoms with E-state index in [0.717, 1.165) is 18.2 Å². The van der Waals surface area contributed by atoms with E-state index < -0.39 is 47.8 Å². The van der Waals surface area contributed by atoms with Crippen molar-refractivity contribution in [2.75, 3.05) is 19.7 Å². The summed E-state index contributed by atoms with van der Waals surface area (Å²) in [6, 6.07) is 4.48. The topological polar surface area (TPSA) is 104 Å². The number of benzene rings is 2. The van der Waals surface area contributed by atoms with Crippen LogP contribution in [0.5, 0.6) is 5.75 Å². The molecule has 0 radical (unpaired) electrons. The minimum Gasteiger partial charge on any atom is -0.493 e. The molecule has 0 saturated carbocycles. The third-order valence-electron chi connectivity index (χ3n) is 8.58. The number of carbonyl (C=O) groups excluding carboxylic acids is 2. The van der Waals surface area contributed by atoms with Gasteiger partial charge in [-0.25, -0.2) is 18.2 Å². The first kappa shape index (κ1) is 30.5. The number of halogens is 3. The predicted molar refractivity (Wildman–Crippen MR) is 159 cm³/mol. The summed E-state index contributed by atoms with van der Waals surface area (Å²) in [4.78, 5) is 33.8. The smallest absolute Gasteiger partial charge is 0.254 e. The number of aryl methyl sites for hydroxylation is 1. The van der Waals surface area contributed by atoms with Gasteiger partial charge < -0.3 is 25.4 Å². The van der Waals surface area contributed by atoms with E-state index in [1.54, 1.807) is 6.07 Å². The third kappa shape index (κ3) is 6.47. The first-order valence-electron chi connectivity index (χ1n) is 15.0. The van der Waals surface area contributed by atoms with Gasteiger partial charge in [-0.1, -0.05) is 0 Å². The van der Waals surface area contributed by atoms with Crippen molar-refractivity contribution in [3.8, 4) is 5.75 Å². The summed E-state index contributed by atoms with van der Waals surface area (Å²) in [5, 5.41) is 19.9. The van der Waals surface area contributed by atoms with Crippen LogP contribution in [-0.2, 0) is 12.8 Å². The van der Waals surface area contributed by atoms with E-state index in [4.69, 9.17) is 4.74 Å². The fourth-order valence-electron chi connectivity index (χ4n) is 6.48. The van der Waals surface area contributed by atoms with Gasteiger partial charge in [0.2, 0.25) is 0 Å². The molecular weight excluding hydrogens is 593 g/mol. The standard InChI is InChI=1S/C32H35F3N4O4S/c1-17-16-44-31(37-17)27-14-22(35)15-39(27)32(42)24-11-19(12-28-23(24)4-3-7-43-28)30(41)38-26(29(40)25-5-2-6-36-25)10-18-8-20(33)13-21(34)9-18/h8-9,11-13,16,22,25-27,29,36,40H,2-7,10,14-15H2,1H3,(H,38,41)/t22-,25+,26-,27+,29+/m0/s1. The average molecular weight is 629 g/mol. The summed E-state index contributed by atoms with van der Waals surface area (Å²) in [5.74, 6) is -2.07. The predicted octanol–water partition coefficient (Wildman–Crippen LogP) is 4.43. The van der Waals surface area contributed by atoms with Crippen molar-refractivity contribution in [3.63, 3.8) is 0 Å². The van der Waals surface area contributed by atoms with Crippen molar-refractivity contribution >= 4 is 23.2 Å². The first-order valence-corrected chi connectivity index (χ1v) is 15.9. The zero-order valence-electron chi connectivity index (χ0n) is 24.3. The molecule has 234 valence electrons. The molecule has 0 unspecified atom stereocenters. The summed E-state index contributed by atoms with van der Waals surface area (Å²) >= 11 is 1.39. The molecule has 3 aliphatic heterocycles. The van der Waals surface area contributed by atoms with Gasteiger partial charge in [0.15, 0.2) is 0 Å². The Balaban J connectivity index is 1.31. The van der Waals surface area contributed by atoms with Crippen LogP contribution in [0.1, 0.15) is 74.3 Å². The number of hydrogen-bond acceptors (Lipinski definition) is 7. The van der Waals surface area contributed by atoms with Gasteiger partial charge in [0.25, 0.3) is 11.8 Å². The van der Waals surface area contributed by atoms with Gasteiger partial charge in [-0.3, -0.25) is 9.59 Å². The SMILES string of the molecule is Cc1csc([C@H]2C[C@H](F)CN2C(=O)c2cc(C(=O)N[C@@H](Cc3cc(F)cc(F)c3)[C@H](O)[C@H]3CCCN3)cc3c2CCCO3)n1. The lowest BCUT2D eigenvalue weighted by Gasteiger charge is -2.29. The Morgan fingerprint density at radius 2 is 2.00 bits per heavy atom. The van der Waals surface area contributed by atoms with Crippen LogP contribution in [0, 0.1) is 18.6 Å². The molecule has 44 heavy (non-hydrogen) atoms. The zero-order valence-corrected chi connectivity index (χ0v) is 25.1. The molecule has 12 heteroatoms. The van der Waals surface area contributed by atoms with Crippen molar-refractivity contribution < 1.29 is 32.6 Å². The van der Waals surface area contributed by atoms with Gasteiger partial charge in [-0.05, 0) is 75.4 Å². The van der Waals surface area contributed by atoms with E-state index >= 15 is 0 Å². The van der Waals surface area contributed by atoms with Crippen molar-refractivity contribution in [2.45, 2.75) is 75.8 Å². The second kappa shape index (κ2) is 12.9. The Labute approximate surface area is 257 Å². The van der Waals surface area contributed by atoms with Crippen molar-refractivity contribution in [3.05, 3.63) is 80.3 Å². The highest BCUT2D eigenvalue weighted by molar-refractivity contribution is 7.09. The summed E-state index contributed by atoms with van der Waals surface area (Å²) < 4.78 is 48.6. The molecule has 0 bridgehead atoms. The van der Waals surface area contributed by atoms with Crippen LogP contribution in [0.25, 0.3) is 0 Å². The highest BCUT2D eigenvalue weighted by atomic mass is 32.1. The second-order valence-electron chi connectivity index (χ2n) is 11.8. The maximum absolute atomic E-state index is 14.7. The van der Waals surface area contributed by atoms with E-state index in [1.165, 1.54) is 34.4 Å². The number of rotatable bonds is 8. The highest BCUT2D eigenvalue weighted by Gasteiger charge is 2.40. The van der Waals surface area contributed by atoms with Crippen molar-refractivity contribution in [1.82, 2.24) is 20.5 Å². The van der Waals surface area contributed by atoms with Gasteiger partial charge >= 0.3 is 0 Å². The van der Waals surface area contributed by atoms with Gasteiger partial charge in [-0.2, -0.15) is 0 Å². The lowest BCUT2D eigenvalue weighted by Crippen LogP contribution is -2.52. The number of amides is 2. The second-order valence-corrected chi connectivity index (χ2v) is 12.7. The Morgan fingerprint density at radius 1 is 1.20 bits per heavy atom. The summed E-state index contributed by atoms with van der Waals surface area (Å²) in [7, 11) is 0. The largest absolute Gasteiger partial charge is 0.493 e.